The summed E-state index contributed by atoms with van der Waals surface area (Å²) in [5.74, 6) is 0. The lowest BCUT2D eigenvalue weighted by Crippen LogP contribution is -1.89. The first-order valence-corrected chi connectivity index (χ1v) is 4.68. The van der Waals surface area contributed by atoms with Crippen LogP contribution in [0.2, 0.25) is 0 Å². The van der Waals surface area contributed by atoms with Gasteiger partial charge in [0.1, 0.15) is 0 Å². The van der Waals surface area contributed by atoms with E-state index >= 15 is 0 Å². The van der Waals surface area contributed by atoms with E-state index in [9.17, 15) is 4.79 Å². The molecule has 2 aromatic rings. The summed E-state index contributed by atoms with van der Waals surface area (Å²) in [4.78, 5) is 14.9. The van der Waals surface area contributed by atoms with Crippen molar-refractivity contribution in [3.8, 4) is 0 Å². The molecule has 0 fully saturated rings. The fourth-order valence-electron chi connectivity index (χ4n) is 1.59. The molecule has 0 N–H and O–H groups in total. The fraction of sp³-hybridized carbons (Fsp3) is 0.167. The minimum atomic E-state index is 0.630. The normalized spacial score (nSPS) is 10.4. The van der Waals surface area contributed by atoms with E-state index in [4.69, 9.17) is 0 Å². The van der Waals surface area contributed by atoms with Crippen LogP contribution in [-0.4, -0.2) is 11.3 Å². The minimum absolute atomic E-state index is 0.630. The molecule has 0 aliphatic heterocycles. The van der Waals surface area contributed by atoms with Gasteiger partial charge in [-0.15, -0.1) is 0 Å². The summed E-state index contributed by atoms with van der Waals surface area (Å²) in [7, 11) is 0. The largest absolute Gasteiger partial charge is 0.298 e. The zero-order valence-corrected chi connectivity index (χ0v) is 8.03. The second kappa shape index (κ2) is 3.58. The van der Waals surface area contributed by atoms with Crippen molar-refractivity contribution in [1.29, 1.82) is 0 Å². The first-order valence-electron chi connectivity index (χ1n) is 4.68. The van der Waals surface area contributed by atoms with Crippen molar-refractivity contribution in [2.75, 3.05) is 0 Å². The van der Waals surface area contributed by atoms with Crippen LogP contribution in [0.15, 0.2) is 30.5 Å². The van der Waals surface area contributed by atoms with Crippen LogP contribution in [0, 0.1) is 0 Å². The predicted octanol–water partition coefficient (Wildman–Crippen LogP) is 2.61. The summed E-state index contributed by atoms with van der Waals surface area (Å²) < 4.78 is 0. The molecule has 0 saturated heterocycles. The van der Waals surface area contributed by atoms with Gasteiger partial charge in [0.15, 0.2) is 6.29 Å². The number of aromatic nitrogens is 1. The zero-order valence-electron chi connectivity index (χ0n) is 8.03. The Balaban J connectivity index is 2.73. The van der Waals surface area contributed by atoms with E-state index in [0.717, 1.165) is 23.6 Å². The first kappa shape index (κ1) is 8.88. The Morgan fingerprint density at radius 1 is 1.43 bits per heavy atom. The highest BCUT2D eigenvalue weighted by molar-refractivity contribution is 5.87. The number of carbonyl (C=O) groups is 1. The number of benzene rings is 1. The number of rotatable bonds is 2. The van der Waals surface area contributed by atoms with E-state index in [0.29, 0.717) is 5.56 Å². The number of para-hydroxylation sites is 1. The number of fused-ring (bicyclic) bond motifs is 1. The molecule has 1 aromatic carbocycles. The van der Waals surface area contributed by atoms with Crippen molar-refractivity contribution >= 4 is 17.2 Å². The second-order valence-electron chi connectivity index (χ2n) is 3.23. The van der Waals surface area contributed by atoms with Gasteiger partial charge in [-0.25, -0.2) is 0 Å². The lowest BCUT2D eigenvalue weighted by atomic mass is 10.1. The zero-order chi connectivity index (χ0) is 9.97. The summed E-state index contributed by atoms with van der Waals surface area (Å²) in [6.45, 7) is 2.10. The van der Waals surface area contributed by atoms with Gasteiger partial charge in [0.25, 0.3) is 0 Å². The van der Waals surface area contributed by atoms with Gasteiger partial charge >= 0.3 is 0 Å². The van der Waals surface area contributed by atoms with Crippen molar-refractivity contribution in [3.05, 3.63) is 41.6 Å². The second-order valence-corrected chi connectivity index (χ2v) is 3.23. The number of hydrogen-bond acceptors (Lipinski definition) is 2. The molecule has 14 heavy (non-hydrogen) atoms. The van der Waals surface area contributed by atoms with Gasteiger partial charge < -0.3 is 0 Å². The maximum atomic E-state index is 10.6. The average molecular weight is 185 g/mol. The first-order chi connectivity index (χ1) is 6.85. The van der Waals surface area contributed by atoms with Gasteiger partial charge in [0.05, 0.1) is 5.52 Å². The van der Waals surface area contributed by atoms with Crippen LogP contribution in [-0.2, 0) is 6.42 Å². The quantitative estimate of drug-likeness (QED) is 0.673. The number of nitrogens with zero attached hydrogens (tertiary/aromatic N) is 1. The van der Waals surface area contributed by atoms with Crippen LogP contribution < -0.4 is 0 Å². The predicted molar refractivity (Wildman–Crippen MR) is 56.5 cm³/mol. The molecule has 0 unspecified atom stereocenters. The highest BCUT2D eigenvalue weighted by Gasteiger charge is 2.00. The molecule has 70 valence electrons. The van der Waals surface area contributed by atoms with Crippen LogP contribution >= 0.6 is 0 Å². The Kier molecular flexibility index (Phi) is 2.27. The van der Waals surface area contributed by atoms with Crippen molar-refractivity contribution in [1.82, 2.24) is 4.98 Å². The molecule has 2 nitrogen and oxygen atoms in total. The van der Waals surface area contributed by atoms with E-state index < -0.39 is 0 Å². The van der Waals surface area contributed by atoms with Crippen molar-refractivity contribution in [2.24, 2.45) is 0 Å². The topological polar surface area (TPSA) is 30.0 Å². The van der Waals surface area contributed by atoms with Crippen LogP contribution in [0.4, 0.5) is 0 Å². The Hall–Kier alpha value is -1.70. The van der Waals surface area contributed by atoms with E-state index in [1.165, 1.54) is 5.56 Å². The molecule has 0 saturated carbocycles. The minimum Gasteiger partial charge on any atom is -0.298 e. The van der Waals surface area contributed by atoms with Crippen molar-refractivity contribution < 1.29 is 4.79 Å². The summed E-state index contributed by atoms with van der Waals surface area (Å²) in [6.07, 6.45) is 3.41. The molecule has 0 aliphatic rings. The Bertz CT molecular complexity index is 477. The van der Waals surface area contributed by atoms with Gasteiger partial charge in [-0.2, -0.15) is 0 Å². The number of aryl methyl sites for hydroxylation is 1. The summed E-state index contributed by atoms with van der Waals surface area (Å²) in [5.41, 5.74) is 2.85. The maximum absolute atomic E-state index is 10.6. The molecule has 1 aromatic heterocycles. The van der Waals surface area contributed by atoms with Gasteiger partial charge in [-0.05, 0) is 18.1 Å². The molecule has 0 radical (unpaired) electrons. The molecule has 0 atom stereocenters. The third kappa shape index (κ3) is 1.39. The molecule has 0 amide bonds. The van der Waals surface area contributed by atoms with E-state index in [-0.39, 0.29) is 0 Å². The van der Waals surface area contributed by atoms with Crippen LogP contribution in [0.3, 0.4) is 0 Å². The molecule has 2 heteroatoms. The third-order valence-corrected chi connectivity index (χ3v) is 2.33. The lowest BCUT2D eigenvalue weighted by Gasteiger charge is -2.02. The van der Waals surface area contributed by atoms with Crippen LogP contribution in [0.5, 0.6) is 0 Å². The van der Waals surface area contributed by atoms with Crippen molar-refractivity contribution in [2.45, 2.75) is 13.3 Å². The van der Waals surface area contributed by atoms with Gasteiger partial charge in [-0.3, -0.25) is 9.78 Å². The third-order valence-electron chi connectivity index (χ3n) is 2.33. The average Bonchev–Trinajstić information content (AvgIpc) is 2.27. The van der Waals surface area contributed by atoms with Crippen LogP contribution in [0.25, 0.3) is 10.9 Å². The lowest BCUT2D eigenvalue weighted by molar-refractivity contribution is 0.112. The molecule has 2 rings (SSSR count). The molecule has 1 heterocycles. The van der Waals surface area contributed by atoms with Gasteiger partial charge in [0.2, 0.25) is 0 Å². The molecule has 0 bridgehead atoms. The van der Waals surface area contributed by atoms with Crippen LogP contribution in [0.1, 0.15) is 22.8 Å². The highest BCUT2D eigenvalue weighted by atomic mass is 16.1. The van der Waals surface area contributed by atoms with E-state index in [2.05, 4.69) is 18.0 Å². The molecule has 0 aliphatic carbocycles. The van der Waals surface area contributed by atoms with Gasteiger partial charge in [-0.1, -0.05) is 25.1 Å². The maximum Gasteiger partial charge on any atom is 0.151 e. The van der Waals surface area contributed by atoms with E-state index in [1.807, 2.05) is 18.2 Å². The molecular formula is C12H11NO. The number of aldehydes is 1. The molecular weight excluding hydrogens is 174 g/mol. The standard InChI is InChI=1S/C12H11NO/c1-2-10-4-3-5-11-6-9(8-14)7-13-12(10)11/h3-8H,2H2,1H3. The Morgan fingerprint density at radius 3 is 3.00 bits per heavy atom. The monoisotopic (exact) mass is 185 g/mol. The number of pyridine rings is 1. The highest BCUT2D eigenvalue weighted by Crippen LogP contribution is 2.17. The Labute approximate surface area is 82.6 Å². The van der Waals surface area contributed by atoms with E-state index in [1.54, 1.807) is 6.20 Å². The fourth-order valence-corrected chi connectivity index (χ4v) is 1.59. The summed E-state index contributed by atoms with van der Waals surface area (Å²) in [6, 6.07) is 7.91. The summed E-state index contributed by atoms with van der Waals surface area (Å²) in [5, 5.41) is 1.04. The van der Waals surface area contributed by atoms with Gasteiger partial charge in [0, 0.05) is 17.1 Å². The SMILES string of the molecule is CCc1cccc2cc(C=O)cnc12. The Morgan fingerprint density at radius 2 is 2.29 bits per heavy atom. The number of hydrogen-bond donors (Lipinski definition) is 0. The molecule has 0 spiro atoms. The van der Waals surface area contributed by atoms with Crippen molar-refractivity contribution in [3.63, 3.8) is 0 Å². The smallest absolute Gasteiger partial charge is 0.151 e. The summed E-state index contributed by atoms with van der Waals surface area (Å²) >= 11 is 0. The number of carbonyl (C=O) groups excluding carboxylic acids is 1.